The van der Waals surface area contributed by atoms with Gasteiger partial charge in [0.1, 0.15) is 35.6 Å². The molecule has 4 rings (SSSR count). The minimum Gasteiger partial charge on any atom is -0.489 e. The fourth-order valence-corrected chi connectivity index (χ4v) is 4.68. The van der Waals surface area contributed by atoms with Crippen LogP contribution in [0.1, 0.15) is 38.2 Å². The SMILES string of the molecule is CC(=O)Nc1ccc(F)cc1OC[C@@H](O)CNC1CCC2(CC1)Cc1cc(Cl)ccc1O2. The molecular weight excluding hydrogens is 435 g/mol. The molecule has 0 unspecified atom stereocenters. The van der Waals surface area contributed by atoms with Gasteiger partial charge in [-0.3, -0.25) is 4.79 Å². The summed E-state index contributed by atoms with van der Waals surface area (Å²) in [4.78, 5) is 11.3. The lowest BCUT2D eigenvalue weighted by Crippen LogP contribution is -2.46. The number of aliphatic hydroxyl groups excluding tert-OH is 1. The predicted molar refractivity (Wildman–Crippen MR) is 121 cm³/mol. The summed E-state index contributed by atoms with van der Waals surface area (Å²) in [7, 11) is 0. The highest BCUT2D eigenvalue weighted by Crippen LogP contribution is 2.44. The van der Waals surface area contributed by atoms with Gasteiger partial charge in [0.05, 0.1) is 5.69 Å². The number of hydrogen-bond acceptors (Lipinski definition) is 5. The van der Waals surface area contributed by atoms with E-state index in [4.69, 9.17) is 21.1 Å². The molecule has 2 aromatic rings. The van der Waals surface area contributed by atoms with Gasteiger partial charge < -0.3 is 25.2 Å². The van der Waals surface area contributed by atoms with Crippen LogP contribution >= 0.6 is 11.6 Å². The normalized spacial score (nSPS) is 22.8. The highest BCUT2D eigenvalue weighted by atomic mass is 35.5. The Kier molecular flexibility index (Phi) is 6.88. The molecule has 1 aliphatic carbocycles. The number of carbonyl (C=O) groups excluding carboxylic acids is 1. The van der Waals surface area contributed by atoms with Crippen LogP contribution in [-0.2, 0) is 11.2 Å². The fraction of sp³-hybridized carbons (Fsp3) is 0.458. The van der Waals surface area contributed by atoms with Gasteiger partial charge in [-0.15, -0.1) is 0 Å². The molecule has 0 aromatic heterocycles. The predicted octanol–water partition coefficient (Wildman–Crippen LogP) is 4.08. The number of halogens is 2. The first-order chi connectivity index (χ1) is 15.3. The number of amides is 1. The molecule has 2 aliphatic rings. The van der Waals surface area contributed by atoms with E-state index in [9.17, 15) is 14.3 Å². The zero-order valence-corrected chi connectivity index (χ0v) is 18.8. The molecule has 6 nitrogen and oxygen atoms in total. The van der Waals surface area contributed by atoms with Gasteiger partial charge >= 0.3 is 0 Å². The number of ether oxygens (including phenoxy) is 2. The lowest BCUT2D eigenvalue weighted by molar-refractivity contribution is -0.114. The van der Waals surface area contributed by atoms with Crippen molar-refractivity contribution in [1.82, 2.24) is 5.32 Å². The maximum atomic E-state index is 13.5. The van der Waals surface area contributed by atoms with Gasteiger partial charge in [-0.25, -0.2) is 4.39 Å². The maximum absolute atomic E-state index is 13.5. The van der Waals surface area contributed by atoms with Gasteiger partial charge in [0, 0.05) is 37.0 Å². The van der Waals surface area contributed by atoms with Crippen LogP contribution < -0.4 is 20.1 Å². The average molecular weight is 463 g/mol. The first-order valence-electron chi connectivity index (χ1n) is 10.9. The van der Waals surface area contributed by atoms with Crippen LogP contribution in [-0.4, -0.2) is 41.9 Å². The molecule has 0 saturated heterocycles. The van der Waals surface area contributed by atoms with Crippen LogP contribution in [0.2, 0.25) is 5.02 Å². The summed E-state index contributed by atoms with van der Waals surface area (Å²) in [5.74, 6) is 0.369. The van der Waals surface area contributed by atoms with E-state index in [1.54, 1.807) is 0 Å². The van der Waals surface area contributed by atoms with Crippen molar-refractivity contribution in [3.63, 3.8) is 0 Å². The lowest BCUT2D eigenvalue weighted by atomic mass is 9.79. The molecule has 1 saturated carbocycles. The monoisotopic (exact) mass is 462 g/mol. The third-order valence-corrected chi connectivity index (χ3v) is 6.32. The topological polar surface area (TPSA) is 79.8 Å². The van der Waals surface area contributed by atoms with E-state index < -0.39 is 11.9 Å². The van der Waals surface area contributed by atoms with E-state index in [0.29, 0.717) is 12.2 Å². The molecule has 8 heteroatoms. The Morgan fingerprint density at radius 1 is 1.31 bits per heavy atom. The van der Waals surface area contributed by atoms with Crippen molar-refractivity contribution < 1.29 is 23.8 Å². The van der Waals surface area contributed by atoms with E-state index in [2.05, 4.69) is 10.6 Å². The maximum Gasteiger partial charge on any atom is 0.221 e. The molecule has 2 aromatic carbocycles. The summed E-state index contributed by atoms with van der Waals surface area (Å²) in [6.07, 6.45) is 3.89. The molecule has 32 heavy (non-hydrogen) atoms. The summed E-state index contributed by atoms with van der Waals surface area (Å²) in [6, 6.07) is 9.96. The van der Waals surface area contributed by atoms with E-state index >= 15 is 0 Å². The average Bonchev–Trinajstić information content (AvgIpc) is 3.10. The Labute approximate surface area is 192 Å². The molecule has 1 amide bonds. The van der Waals surface area contributed by atoms with Crippen LogP contribution in [0.3, 0.4) is 0 Å². The van der Waals surface area contributed by atoms with Gasteiger partial charge in [0.15, 0.2) is 0 Å². The zero-order chi connectivity index (χ0) is 22.7. The molecule has 3 N–H and O–H groups in total. The second-order valence-corrected chi connectivity index (χ2v) is 9.12. The van der Waals surface area contributed by atoms with Crippen molar-refractivity contribution in [3.05, 3.63) is 52.8 Å². The second-order valence-electron chi connectivity index (χ2n) is 8.68. The number of aliphatic hydroxyl groups is 1. The van der Waals surface area contributed by atoms with Crippen molar-refractivity contribution in [3.8, 4) is 11.5 Å². The van der Waals surface area contributed by atoms with Crippen molar-refractivity contribution in [2.24, 2.45) is 0 Å². The summed E-state index contributed by atoms with van der Waals surface area (Å²) in [6.45, 7) is 1.71. The summed E-state index contributed by atoms with van der Waals surface area (Å²) < 4.78 is 25.4. The quantitative estimate of drug-likeness (QED) is 0.577. The van der Waals surface area contributed by atoms with E-state index in [1.807, 2.05) is 18.2 Å². The Hall–Kier alpha value is -2.35. The summed E-state index contributed by atoms with van der Waals surface area (Å²) in [5.41, 5.74) is 1.40. The molecule has 1 atom stereocenters. The van der Waals surface area contributed by atoms with Crippen LogP contribution in [0.15, 0.2) is 36.4 Å². The van der Waals surface area contributed by atoms with Crippen LogP contribution in [0.5, 0.6) is 11.5 Å². The molecule has 1 fully saturated rings. The highest BCUT2D eigenvalue weighted by molar-refractivity contribution is 6.30. The minimum absolute atomic E-state index is 0.0150. The Bertz CT molecular complexity index is 978. The van der Waals surface area contributed by atoms with Crippen molar-refractivity contribution in [2.75, 3.05) is 18.5 Å². The molecule has 1 spiro atoms. The first-order valence-corrected chi connectivity index (χ1v) is 11.3. The number of rotatable bonds is 7. The number of nitrogens with one attached hydrogen (secondary N) is 2. The Balaban J connectivity index is 1.22. The fourth-order valence-electron chi connectivity index (χ4n) is 4.49. The number of carbonyl (C=O) groups is 1. The van der Waals surface area contributed by atoms with Gasteiger partial charge in [-0.2, -0.15) is 0 Å². The van der Waals surface area contributed by atoms with E-state index in [0.717, 1.165) is 42.9 Å². The molecular formula is C24H28ClFN2O4. The van der Waals surface area contributed by atoms with Crippen molar-refractivity contribution in [1.29, 1.82) is 0 Å². The first kappa shape index (κ1) is 22.8. The Morgan fingerprint density at radius 2 is 2.09 bits per heavy atom. The van der Waals surface area contributed by atoms with Crippen LogP contribution in [0.25, 0.3) is 0 Å². The van der Waals surface area contributed by atoms with Crippen molar-refractivity contribution >= 4 is 23.2 Å². The van der Waals surface area contributed by atoms with Crippen LogP contribution in [0, 0.1) is 5.82 Å². The van der Waals surface area contributed by atoms with E-state index in [-0.39, 0.29) is 29.9 Å². The number of benzene rings is 2. The molecule has 172 valence electrons. The van der Waals surface area contributed by atoms with Gasteiger partial charge in [-0.1, -0.05) is 11.6 Å². The van der Waals surface area contributed by atoms with Gasteiger partial charge in [0.2, 0.25) is 5.91 Å². The molecule has 0 radical (unpaired) electrons. The van der Waals surface area contributed by atoms with Crippen molar-refractivity contribution in [2.45, 2.75) is 56.8 Å². The Morgan fingerprint density at radius 3 is 2.84 bits per heavy atom. The van der Waals surface area contributed by atoms with E-state index in [1.165, 1.54) is 30.7 Å². The number of hydrogen-bond donors (Lipinski definition) is 3. The minimum atomic E-state index is -0.770. The highest BCUT2D eigenvalue weighted by Gasteiger charge is 2.42. The van der Waals surface area contributed by atoms with Gasteiger partial charge in [0.25, 0.3) is 0 Å². The smallest absolute Gasteiger partial charge is 0.221 e. The molecule has 0 bridgehead atoms. The zero-order valence-electron chi connectivity index (χ0n) is 18.0. The standard InChI is InChI=1S/C24H28ClFN2O4/c1-15(29)28-21-4-3-18(26)11-23(21)31-14-20(30)13-27-19-6-8-24(9-7-19)12-16-10-17(25)2-5-22(16)32-24/h2-5,10-11,19-20,27,30H,6-9,12-14H2,1H3,(H,28,29)/t19?,20-,24?/m0/s1. The third kappa shape index (κ3) is 5.52. The summed E-state index contributed by atoms with van der Waals surface area (Å²) >= 11 is 6.11. The second kappa shape index (κ2) is 9.65. The third-order valence-electron chi connectivity index (χ3n) is 6.09. The molecule has 1 heterocycles. The number of fused-ring (bicyclic) bond motifs is 1. The molecule has 1 aliphatic heterocycles. The lowest BCUT2D eigenvalue weighted by Gasteiger charge is -2.37. The van der Waals surface area contributed by atoms with Crippen LogP contribution in [0.4, 0.5) is 10.1 Å². The van der Waals surface area contributed by atoms with Gasteiger partial charge in [-0.05, 0) is 61.6 Å². The largest absolute Gasteiger partial charge is 0.489 e. The summed E-state index contributed by atoms with van der Waals surface area (Å²) in [5, 5.41) is 17.1. The number of anilines is 1.